The van der Waals surface area contributed by atoms with Crippen LogP contribution in [0.5, 0.6) is 0 Å². The molecule has 1 aliphatic heterocycles. The molecule has 2 aromatic rings. The first kappa shape index (κ1) is 16.5. The Morgan fingerprint density at radius 1 is 1.46 bits per heavy atom. The lowest BCUT2D eigenvalue weighted by Gasteiger charge is -2.33. The Hall–Kier alpha value is -2.35. The normalized spacial score (nSPS) is 17.8. The summed E-state index contributed by atoms with van der Waals surface area (Å²) in [5.41, 5.74) is 0.782. The van der Waals surface area contributed by atoms with Crippen LogP contribution in [0.2, 0.25) is 5.02 Å². The van der Waals surface area contributed by atoms with Crippen molar-refractivity contribution in [2.24, 2.45) is 0 Å². The van der Waals surface area contributed by atoms with E-state index >= 15 is 0 Å². The number of nitrogens with zero attached hydrogens (tertiary/aromatic N) is 5. The highest BCUT2D eigenvalue weighted by Crippen LogP contribution is 2.35. The maximum atomic E-state index is 10.8. The Bertz CT molecular complexity index is 748. The van der Waals surface area contributed by atoms with Gasteiger partial charge in [-0.3, -0.25) is 10.1 Å². The first-order valence-electron chi connectivity index (χ1n) is 7.65. The number of piperidine rings is 1. The summed E-state index contributed by atoms with van der Waals surface area (Å²) < 4.78 is 5.38. The van der Waals surface area contributed by atoms with Gasteiger partial charge in [-0.25, -0.2) is 0 Å². The van der Waals surface area contributed by atoms with Crippen molar-refractivity contribution in [2.75, 3.05) is 37.0 Å². The predicted octanol–water partition coefficient (Wildman–Crippen LogP) is 3.08. The molecule has 0 saturated carbocycles. The smallest absolute Gasteiger partial charge is 0.271 e. The molecule has 1 fully saturated rings. The monoisotopic (exact) mass is 351 g/mol. The molecule has 1 saturated heterocycles. The van der Waals surface area contributed by atoms with Crippen molar-refractivity contribution in [3.63, 3.8) is 0 Å². The second kappa shape index (κ2) is 6.64. The van der Waals surface area contributed by atoms with Crippen LogP contribution in [0.1, 0.15) is 24.7 Å². The number of anilines is 2. The zero-order valence-corrected chi connectivity index (χ0v) is 14.2. The van der Waals surface area contributed by atoms with Gasteiger partial charge in [0.15, 0.2) is 0 Å². The molecule has 1 aromatic carbocycles. The van der Waals surface area contributed by atoms with Crippen LogP contribution < -0.4 is 9.80 Å². The van der Waals surface area contributed by atoms with Crippen molar-refractivity contribution >= 4 is 28.9 Å². The Balaban J connectivity index is 1.79. The summed E-state index contributed by atoms with van der Waals surface area (Å²) >= 11 is 6.24. The highest BCUT2D eigenvalue weighted by Gasteiger charge is 2.27. The van der Waals surface area contributed by atoms with Gasteiger partial charge in [-0.2, -0.15) is 4.98 Å². The fourth-order valence-corrected chi connectivity index (χ4v) is 3.13. The molecule has 128 valence electrons. The molecular formula is C15H18ClN5O3. The zero-order valence-electron chi connectivity index (χ0n) is 13.5. The van der Waals surface area contributed by atoms with Crippen LogP contribution in [0.15, 0.2) is 22.7 Å². The molecular weight excluding hydrogens is 334 g/mol. The summed E-state index contributed by atoms with van der Waals surface area (Å²) in [6.45, 7) is 1.52. The Kier molecular flexibility index (Phi) is 4.57. The van der Waals surface area contributed by atoms with E-state index in [1.165, 1.54) is 12.1 Å². The van der Waals surface area contributed by atoms with Gasteiger partial charge < -0.3 is 14.3 Å². The summed E-state index contributed by atoms with van der Waals surface area (Å²) in [4.78, 5) is 18.7. The highest BCUT2D eigenvalue weighted by molar-refractivity contribution is 6.33. The van der Waals surface area contributed by atoms with Crippen molar-refractivity contribution in [3.8, 4) is 0 Å². The van der Waals surface area contributed by atoms with Gasteiger partial charge in [-0.15, -0.1) is 0 Å². The number of hydrogen-bond donors (Lipinski definition) is 0. The largest absolute Gasteiger partial charge is 0.370 e. The molecule has 8 nitrogen and oxygen atoms in total. The minimum absolute atomic E-state index is 0.00941. The lowest BCUT2D eigenvalue weighted by molar-refractivity contribution is -0.384. The molecule has 0 bridgehead atoms. The Labute approximate surface area is 144 Å². The van der Waals surface area contributed by atoms with Crippen LogP contribution in [0.3, 0.4) is 0 Å². The predicted molar refractivity (Wildman–Crippen MR) is 90.9 cm³/mol. The molecule has 1 unspecified atom stereocenters. The summed E-state index contributed by atoms with van der Waals surface area (Å²) in [5, 5.41) is 15.2. The number of benzene rings is 1. The average molecular weight is 352 g/mol. The van der Waals surface area contributed by atoms with Crippen molar-refractivity contribution in [1.29, 1.82) is 0 Å². The SMILES string of the molecule is CN(C)c1noc(C2CCCN(c3ccc([N+](=O)[O-])cc3Cl)C2)n1. The highest BCUT2D eigenvalue weighted by atomic mass is 35.5. The van der Waals surface area contributed by atoms with E-state index in [2.05, 4.69) is 15.0 Å². The van der Waals surface area contributed by atoms with Gasteiger partial charge in [0.2, 0.25) is 5.89 Å². The maximum absolute atomic E-state index is 10.8. The summed E-state index contributed by atoms with van der Waals surface area (Å²) in [6.07, 6.45) is 1.91. The van der Waals surface area contributed by atoms with Gasteiger partial charge in [-0.05, 0) is 24.1 Å². The van der Waals surface area contributed by atoms with E-state index in [1.54, 1.807) is 11.0 Å². The van der Waals surface area contributed by atoms with Gasteiger partial charge in [-0.1, -0.05) is 11.6 Å². The van der Waals surface area contributed by atoms with E-state index in [0.29, 0.717) is 23.4 Å². The van der Waals surface area contributed by atoms with Crippen LogP contribution in [0.4, 0.5) is 17.3 Å². The molecule has 1 aliphatic rings. The molecule has 0 radical (unpaired) electrons. The number of halogens is 1. The molecule has 9 heteroatoms. The number of nitro groups is 1. The third-order valence-electron chi connectivity index (χ3n) is 4.08. The minimum Gasteiger partial charge on any atom is -0.370 e. The quantitative estimate of drug-likeness (QED) is 0.617. The van der Waals surface area contributed by atoms with Gasteiger partial charge in [0, 0.05) is 39.3 Å². The molecule has 0 N–H and O–H groups in total. The minimum atomic E-state index is -0.449. The zero-order chi connectivity index (χ0) is 17.3. The fraction of sp³-hybridized carbons (Fsp3) is 0.467. The summed E-state index contributed by atoms with van der Waals surface area (Å²) in [6, 6.07) is 4.56. The van der Waals surface area contributed by atoms with Gasteiger partial charge in [0.1, 0.15) is 0 Å². The third-order valence-corrected chi connectivity index (χ3v) is 4.39. The number of hydrogen-bond acceptors (Lipinski definition) is 7. The van der Waals surface area contributed by atoms with E-state index in [4.69, 9.17) is 16.1 Å². The lowest BCUT2D eigenvalue weighted by Crippen LogP contribution is -2.34. The van der Waals surface area contributed by atoms with Crippen LogP contribution in [-0.2, 0) is 0 Å². The second-order valence-electron chi connectivity index (χ2n) is 6.01. The first-order chi connectivity index (χ1) is 11.5. The number of aromatic nitrogens is 2. The molecule has 2 heterocycles. The molecule has 3 rings (SSSR count). The summed E-state index contributed by atoms with van der Waals surface area (Å²) in [5.74, 6) is 1.28. The van der Waals surface area contributed by atoms with E-state index in [9.17, 15) is 10.1 Å². The van der Waals surface area contributed by atoms with Crippen LogP contribution in [0, 0.1) is 10.1 Å². The topological polar surface area (TPSA) is 88.5 Å². The molecule has 24 heavy (non-hydrogen) atoms. The van der Waals surface area contributed by atoms with Crippen LogP contribution >= 0.6 is 11.6 Å². The summed E-state index contributed by atoms with van der Waals surface area (Å²) in [7, 11) is 3.72. The molecule has 1 atom stereocenters. The molecule has 0 amide bonds. The van der Waals surface area contributed by atoms with Gasteiger partial charge in [0.05, 0.1) is 21.6 Å². The Morgan fingerprint density at radius 3 is 2.88 bits per heavy atom. The second-order valence-corrected chi connectivity index (χ2v) is 6.41. The van der Waals surface area contributed by atoms with E-state index in [-0.39, 0.29) is 11.6 Å². The molecule has 1 aromatic heterocycles. The van der Waals surface area contributed by atoms with E-state index < -0.39 is 4.92 Å². The van der Waals surface area contributed by atoms with Crippen LogP contribution in [-0.4, -0.2) is 42.2 Å². The number of non-ortho nitro benzene ring substituents is 1. The lowest BCUT2D eigenvalue weighted by atomic mass is 9.97. The van der Waals surface area contributed by atoms with Crippen molar-refractivity contribution in [3.05, 3.63) is 39.2 Å². The first-order valence-corrected chi connectivity index (χ1v) is 8.03. The molecule has 0 spiro atoms. The standard InChI is InChI=1S/C15H18ClN5O3/c1-19(2)15-17-14(24-18-15)10-4-3-7-20(9-10)13-6-5-11(21(22)23)8-12(13)16/h5-6,8,10H,3-4,7,9H2,1-2H3. The van der Waals surface area contributed by atoms with E-state index in [0.717, 1.165) is 25.1 Å². The van der Waals surface area contributed by atoms with E-state index in [1.807, 2.05) is 14.1 Å². The van der Waals surface area contributed by atoms with Gasteiger partial charge >= 0.3 is 0 Å². The number of rotatable bonds is 4. The molecule has 0 aliphatic carbocycles. The van der Waals surface area contributed by atoms with Crippen LogP contribution in [0.25, 0.3) is 0 Å². The number of nitro benzene ring substituents is 1. The fourth-order valence-electron chi connectivity index (χ4n) is 2.84. The Morgan fingerprint density at radius 2 is 2.25 bits per heavy atom. The van der Waals surface area contributed by atoms with Crippen molar-refractivity contribution in [2.45, 2.75) is 18.8 Å². The third kappa shape index (κ3) is 3.28. The van der Waals surface area contributed by atoms with Gasteiger partial charge in [0.25, 0.3) is 11.6 Å². The average Bonchev–Trinajstić information content (AvgIpc) is 3.05. The van der Waals surface area contributed by atoms with Crippen molar-refractivity contribution in [1.82, 2.24) is 10.1 Å². The maximum Gasteiger partial charge on any atom is 0.271 e. The van der Waals surface area contributed by atoms with Crippen molar-refractivity contribution < 1.29 is 9.45 Å².